The average Bonchev–Trinajstić information content (AvgIpc) is 3.31. The number of hydrogen-bond acceptors (Lipinski definition) is 8. The fraction of sp³-hybridized carbons (Fsp3) is 0.286. The Hall–Kier alpha value is -3.59. The largest absolute Gasteiger partial charge is 0.383 e. The Bertz CT molecular complexity index is 1170. The summed E-state index contributed by atoms with van der Waals surface area (Å²) in [5, 5.41) is 12.6. The molecule has 0 aliphatic heterocycles. The Morgan fingerprint density at radius 3 is 2.70 bits per heavy atom. The summed E-state index contributed by atoms with van der Waals surface area (Å²) in [5.41, 5.74) is 15.8. The number of hydrogen-bond donors (Lipinski definition) is 3. The van der Waals surface area contributed by atoms with E-state index < -0.39 is 0 Å². The molecule has 9 nitrogen and oxygen atoms in total. The van der Waals surface area contributed by atoms with Crippen molar-refractivity contribution >= 4 is 22.7 Å². The molecule has 0 saturated heterocycles. The van der Waals surface area contributed by atoms with Gasteiger partial charge in [-0.05, 0) is 30.5 Å². The maximum atomic E-state index is 6.29. The fourth-order valence-corrected chi connectivity index (χ4v) is 3.97. The van der Waals surface area contributed by atoms with Gasteiger partial charge in [0.1, 0.15) is 5.82 Å². The van der Waals surface area contributed by atoms with E-state index in [0.717, 1.165) is 41.6 Å². The van der Waals surface area contributed by atoms with Gasteiger partial charge in [0.25, 0.3) is 0 Å². The van der Waals surface area contributed by atoms with Crippen LogP contribution in [0.1, 0.15) is 25.7 Å². The Morgan fingerprint density at radius 2 is 1.87 bits per heavy atom. The lowest BCUT2D eigenvalue weighted by Crippen LogP contribution is -2.42. The van der Waals surface area contributed by atoms with Crippen LogP contribution >= 0.6 is 0 Å². The molecular formula is C21H23N9. The van der Waals surface area contributed by atoms with Crippen molar-refractivity contribution in [3.8, 4) is 16.8 Å². The molecule has 1 fully saturated rings. The van der Waals surface area contributed by atoms with E-state index in [2.05, 4.69) is 25.5 Å². The topological polar surface area (TPSA) is 133 Å². The number of benzene rings is 1. The first-order valence-electron chi connectivity index (χ1n) is 10.1. The van der Waals surface area contributed by atoms with Gasteiger partial charge in [0, 0.05) is 30.0 Å². The zero-order valence-corrected chi connectivity index (χ0v) is 16.4. The van der Waals surface area contributed by atoms with E-state index in [0.29, 0.717) is 17.2 Å². The lowest BCUT2D eigenvalue weighted by Gasteiger charge is -2.29. The minimum absolute atomic E-state index is 0.110. The highest BCUT2D eigenvalue weighted by atomic mass is 15.5. The molecule has 1 aliphatic rings. The standard InChI is InChI=1S/C21H23N9/c22-17-6-1-2-7-18(17)28-21-25-12-16-19(29-21)15(11-24-20(16)23)13-4-3-5-14(10-13)30-26-8-9-27-30/h3-5,8-12,17-18H,1-2,6-7,22H2,(H2,23,24)(H,25,28,29). The van der Waals surface area contributed by atoms with Crippen LogP contribution in [-0.4, -0.2) is 42.0 Å². The fourth-order valence-electron chi connectivity index (χ4n) is 3.97. The van der Waals surface area contributed by atoms with Crippen LogP contribution in [0.15, 0.2) is 49.1 Å². The van der Waals surface area contributed by atoms with Crippen LogP contribution in [0.3, 0.4) is 0 Å². The van der Waals surface area contributed by atoms with Crippen molar-refractivity contribution in [2.45, 2.75) is 37.8 Å². The zero-order valence-electron chi connectivity index (χ0n) is 16.4. The van der Waals surface area contributed by atoms with E-state index in [9.17, 15) is 0 Å². The van der Waals surface area contributed by atoms with Gasteiger partial charge in [-0.3, -0.25) is 0 Å². The highest BCUT2D eigenvalue weighted by Crippen LogP contribution is 2.31. The van der Waals surface area contributed by atoms with Crippen molar-refractivity contribution < 1.29 is 0 Å². The summed E-state index contributed by atoms with van der Waals surface area (Å²) < 4.78 is 0. The number of pyridine rings is 1. The summed E-state index contributed by atoms with van der Waals surface area (Å²) in [7, 11) is 0. The highest BCUT2D eigenvalue weighted by Gasteiger charge is 2.22. The third-order valence-corrected chi connectivity index (χ3v) is 5.59. The summed E-state index contributed by atoms with van der Waals surface area (Å²) in [6.07, 6.45) is 11.1. The summed E-state index contributed by atoms with van der Waals surface area (Å²) in [6.45, 7) is 0. The van der Waals surface area contributed by atoms with Crippen LogP contribution in [0, 0.1) is 0 Å². The predicted molar refractivity (Wildman–Crippen MR) is 116 cm³/mol. The average molecular weight is 401 g/mol. The first kappa shape index (κ1) is 18.4. The van der Waals surface area contributed by atoms with Crippen LogP contribution in [-0.2, 0) is 0 Å². The minimum atomic E-state index is 0.110. The molecule has 0 spiro atoms. The molecule has 0 amide bonds. The van der Waals surface area contributed by atoms with Crippen LogP contribution in [0.5, 0.6) is 0 Å². The Morgan fingerprint density at radius 1 is 1.03 bits per heavy atom. The Labute approximate surface area is 173 Å². The van der Waals surface area contributed by atoms with Gasteiger partial charge in [0.05, 0.1) is 29.0 Å². The number of aromatic nitrogens is 6. The molecule has 3 aromatic heterocycles. The van der Waals surface area contributed by atoms with E-state index >= 15 is 0 Å². The third-order valence-electron chi connectivity index (χ3n) is 5.59. The van der Waals surface area contributed by atoms with Crippen LogP contribution < -0.4 is 16.8 Å². The van der Waals surface area contributed by atoms with Gasteiger partial charge in [0.15, 0.2) is 0 Å². The van der Waals surface area contributed by atoms with Gasteiger partial charge in [0.2, 0.25) is 5.95 Å². The van der Waals surface area contributed by atoms with Crippen LogP contribution in [0.4, 0.5) is 11.8 Å². The number of anilines is 2. The van der Waals surface area contributed by atoms with Crippen molar-refractivity contribution in [1.82, 2.24) is 29.9 Å². The lowest BCUT2D eigenvalue weighted by atomic mass is 9.91. The molecule has 0 bridgehead atoms. The second kappa shape index (κ2) is 7.68. The molecule has 2 atom stereocenters. The summed E-state index contributed by atoms with van der Waals surface area (Å²) in [6, 6.07) is 8.19. The van der Waals surface area contributed by atoms with Gasteiger partial charge >= 0.3 is 0 Å². The summed E-state index contributed by atoms with van der Waals surface area (Å²) in [4.78, 5) is 15.2. The van der Waals surface area contributed by atoms with Crippen molar-refractivity contribution in [2.24, 2.45) is 5.73 Å². The molecule has 2 unspecified atom stereocenters. The van der Waals surface area contributed by atoms with Gasteiger partial charge in [-0.1, -0.05) is 25.0 Å². The Kier molecular flexibility index (Phi) is 4.72. The second-order valence-electron chi connectivity index (χ2n) is 7.58. The minimum Gasteiger partial charge on any atom is -0.383 e. The first-order chi connectivity index (χ1) is 14.7. The third kappa shape index (κ3) is 3.43. The maximum absolute atomic E-state index is 6.29. The summed E-state index contributed by atoms with van der Waals surface area (Å²) >= 11 is 0. The monoisotopic (exact) mass is 401 g/mol. The molecule has 5 rings (SSSR count). The van der Waals surface area contributed by atoms with Gasteiger partial charge in [-0.15, -0.1) is 0 Å². The molecule has 4 aromatic rings. The predicted octanol–water partition coefficient (Wildman–Crippen LogP) is 2.54. The van der Waals surface area contributed by atoms with E-state index in [-0.39, 0.29) is 12.1 Å². The van der Waals surface area contributed by atoms with Gasteiger partial charge < -0.3 is 16.8 Å². The highest BCUT2D eigenvalue weighted by molar-refractivity contribution is 5.98. The van der Waals surface area contributed by atoms with Crippen molar-refractivity contribution in [3.63, 3.8) is 0 Å². The maximum Gasteiger partial charge on any atom is 0.223 e. The number of rotatable bonds is 4. The molecule has 3 heterocycles. The molecule has 9 heteroatoms. The molecule has 1 aromatic carbocycles. The molecular weight excluding hydrogens is 378 g/mol. The van der Waals surface area contributed by atoms with Crippen molar-refractivity contribution in [1.29, 1.82) is 0 Å². The quantitative estimate of drug-likeness (QED) is 0.475. The number of nitrogens with one attached hydrogen (secondary N) is 1. The van der Waals surface area contributed by atoms with Crippen molar-refractivity contribution in [2.75, 3.05) is 11.1 Å². The number of fused-ring (bicyclic) bond motifs is 1. The zero-order chi connectivity index (χ0) is 20.5. The number of nitrogens with two attached hydrogens (primary N) is 2. The van der Waals surface area contributed by atoms with Gasteiger partial charge in [-0.2, -0.15) is 15.0 Å². The molecule has 30 heavy (non-hydrogen) atoms. The molecule has 0 radical (unpaired) electrons. The van der Waals surface area contributed by atoms with Crippen LogP contribution in [0.2, 0.25) is 0 Å². The van der Waals surface area contributed by atoms with Crippen molar-refractivity contribution in [3.05, 3.63) is 49.1 Å². The number of nitrogen functional groups attached to an aromatic ring is 1. The molecule has 5 N–H and O–H groups in total. The molecule has 1 aliphatic carbocycles. The van der Waals surface area contributed by atoms with E-state index in [4.69, 9.17) is 16.5 Å². The summed E-state index contributed by atoms with van der Waals surface area (Å²) in [5.74, 6) is 0.959. The molecule has 1 saturated carbocycles. The van der Waals surface area contributed by atoms with E-state index in [1.807, 2.05) is 24.3 Å². The first-order valence-corrected chi connectivity index (χ1v) is 10.1. The normalized spacial score (nSPS) is 19.1. The Balaban J connectivity index is 1.57. The van der Waals surface area contributed by atoms with E-state index in [1.54, 1.807) is 29.6 Å². The molecule has 152 valence electrons. The van der Waals surface area contributed by atoms with E-state index in [1.165, 1.54) is 6.42 Å². The SMILES string of the molecule is Nc1ncc(-c2cccc(-n3nccn3)c2)c2nc(NC3CCCCC3N)ncc12. The van der Waals surface area contributed by atoms with Gasteiger partial charge in [-0.25, -0.2) is 15.0 Å². The lowest BCUT2D eigenvalue weighted by molar-refractivity contribution is 0.402. The van der Waals surface area contributed by atoms with Crippen LogP contribution in [0.25, 0.3) is 27.7 Å². The second-order valence-corrected chi connectivity index (χ2v) is 7.58. The number of nitrogens with zero attached hydrogens (tertiary/aromatic N) is 6. The smallest absolute Gasteiger partial charge is 0.223 e.